The third kappa shape index (κ3) is 2.23. The van der Waals surface area contributed by atoms with E-state index in [0.29, 0.717) is 19.8 Å². The SMILES string of the molecule is Cc1cn[nH]c1[C@H]1COCCN1CC(=O)O. The number of carboxylic acids is 1. The van der Waals surface area contributed by atoms with Crippen LogP contribution < -0.4 is 0 Å². The highest BCUT2D eigenvalue weighted by atomic mass is 16.5. The monoisotopic (exact) mass is 225 g/mol. The van der Waals surface area contributed by atoms with Gasteiger partial charge in [0.2, 0.25) is 0 Å². The lowest BCUT2D eigenvalue weighted by molar-refractivity contribution is -0.140. The molecule has 0 bridgehead atoms. The molecule has 1 fully saturated rings. The normalized spacial score (nSPS) is 22.2. The van der Waals surface area contributed by atoms with Crippen molar-refractivity contribution in [2.24, 2.45) is 0 Å². The van der Waals surface area contributed by atoms with Gasteiger partial charge in [0, 0.05) is 6.54 Å². The zero-order valence-corrected chi connectivity index (χ0v) is 9.14. The second-order valence-electron chi connectivity index (χ2n) is 3.92. The fourth-order valence-corrected chi connectivity index (χ4v) is 1.96. The van der Waals surface area contributed by atoms with Gasteiger partial charge in [0.1, 0.15) is 0 Å². The van der Waals surface area contributed by atoms with E-state index in [1.807, 2.05) is 11.8 Å². The smallest absolute Gasteiger partial charge is 0.317 e. The lowest BCUT2D eigenvalue weighted by Gasteiger charge is -2.33. The Balaban J connectivity index is 2.16. The van der Waals surface area contributed by atoms with Crippen molar-refractivity contribution >= 4 is 5.97 Å². The zero-order valence-electron chi connectivity index (χ0n) is 9.14. The number of aryl methyl sites for hydroxylation is 1. The molecule has 0 aromatic carbocycles. The number of nitrogens with one attached hydrogen (secondary N) is 1. The van der Waals surface area contributed by atoms with Crippen LogP contribution in [-0.2, 0) is 9.53 Å². The van der Waals surface area contributed by atoms with Crippen LogP contribution in [0, 0.1) is 6.92 Å². The van der Waals surface area contributed by atoms with Crippen molar-refractivity contribution < 1.29 is 14.6 Å². The highest BCUT2D eigenvalue weighted by Crippen LogP contribution is 2.24. The highest BCUT2D eigenvalue weighted by Gasteiger charge is 2.28. The third-order valence-corrected chi connectivity index (χ3v) is 2.78. The molecule has 2 N–H and O–H groups in total. The summed E-state index contributed by atoms with van der Waals surface area (Å²) in [5.74, 6) is -0.816. The van der Waals surface area contributed by atoms with E-state index in [1.165, 1.54) is 0 Å². The Morgan fingerprint density at radius 2 is 2.62 bits per heavy atom. The van der Waals surface area contributed by atoms with Gasteiger partial charge in [-0.25, -0.2) is 0 Å². The number of morpholine rings is 1. The molecule has 16 heavy (non-hydrogen) atoms. The van der Waals surface area contributed by atoms with Crippen LogP contribution in [0.3, 0.4) is 0 Å². The minimum atomic E-state index is -0.816. The Labute approximate surface area is 93.2 Å². The molecule has 2 heterocycles. The van der Waals surface area contributed by atoms with Crippen LogP contribution in [0.2, 0.25) is 0 Å². The Morgan fingerprint density at radius 1 is 1.81 bits per heavy atom. The Hall–Kier alpha value is -1.40. The first-order valence-electron chi connectivity index (χ1n) is 5.22. The minimum absolute atomic E-state index is 0.0342. The molecule has 88 valence electrons. The van der Waals surface area contributed by atoms with Crippen LogP contribution in [0.15, 0.2) is 6.20 Å². The molecule has 1 atom stereocenters. The lowest BCUT2D eigenvalue weighted by Crippen LogP contribution is -2.42. The van der Waals surface area contributed by atoms with Gasteiger partial charge >= 0.3 is 5.97 Å². The van der Waals surface area contributed by atoms with E-state index in [1.54, 1.807) is 6.20 Å². The van der Waals surface area contributed by atoms with Crippen LogP contribution >= 0.6 is 0 Å². The minimum Gasteiger partial charge on any atom is -0.480 e. The molecule has 0 radical (unpaired) electrons. The molecule has 1 saturated heterocycles. The van der Waals surface area contributed by atoms with E-state index in [4.69, 9.17) is 9.84 Å². The summed E-state index contributed by atoms with van der Waals surface area (Å²) in [6, 6.07) is -0.0349. The van der Waals surface area contributed by atoms with Crippen molar-refractivity contribution in [1.82, 2.24) is 15.1 Å². The first-order chi connectivity index (χ1) is 7.68. The number of aromatic amines is 1. The predicted molar refractivity (Wildman–Crippen MR) is 56.1 cm³/mol. The molecule has 2 rings (SSSR count). The average Bonchev–Trinajstić information content (AvgIpc) is 2.64. The van der Waals surface area contributed by atoms with Crippen LogP contribution in [0.25, 0.3) is 0 Å². The summed E-state index contributed by atoms with van der Waals surface area (Å²) in [4.78, 5) is 12.7. The van der Waals surface area contributed by atoms with Crippen LogP contribution in [0.1, 0.15) is 17.3 Å². The molecule has 1 aromatic heterocycles. The van der Waals surface area contributed by atoms with Crippen molar-refractivity contribution in [3.8, 4) is 0 Å². The van der Waals surface area contributed by atoms with Crippen LogP contribution in [-0.4, -0.2) is 52.5 Å². The van der Waals surface area contributed by atoms with Gasteiger partial charge in [0.15, 0.2) is 0 Å². The highest BCUT2D eigenvalue weighted by molar-refractivity contribution is 5.69. The number of ether oxygens (including phenoxy) is 1. The van der Waals surface area contributed by atoms with E-state index in [0.717, 1.165) is 11.3 Å². The first kappa shape index (κ1) is 11.1. The van der Waals surface area contributed by atoms with Crippen LogP contribution in [0.5, 0.6) is 0 Å². The van der Waals surface area contributed by atoms with Crippen molar-refractivity contribution in [3.63, 3.8) is 0 Å². The quantitative estimate of drug-likeness (QED) is 0.767. The maximum absolute atomic E-state index is 10.8. The maximum atomic E-state index is 10.8. The van der Waals surface area contributed by atoms with Gasteiger partial charge in [0.25, 0.3) is 0 Å². The number of hydrogen-bond acceptors (Lipinski definition) is 4. The molecule has 0 unspecified atom stereocenters. The van der Waals surface area contributed by atoms with E-state index in [2.05, 4.69) is 10.2 Å². The molecule has 0 amide bonds. The van der Waals surface area contributed by atoms with Gasteiger partial charge < -0.3 is 9.84 Å². The van der Waals surface area contributed by atoms with Gasteiger partial charge in [0.05, 0.1) is 37.7 Å². The second kappa shape index (κ2) is 4.63. The zero-order chi connectivity index (χ0) is 11.5. The summed E-state index contributed by atoms with van der Waals surface area (Å²) in [5.41, 5.74) is 1.98. The Kier molecular flexibility index (Phi) is 3.21. The molecule has 1 aromatic rings. The van der Waals surface area contributed by atoms with E-state index in [-0.39, 0.29) is 12.6 Å². The number of rotatable bonds is 3. The summed E-state index contributed by atoms with van der Waals surface area (Å²) in [6.45, 7) is 3.71. The molecule has 0 saturated carbocycles. The third-order valence-electron chi connectivity index (χ3n) is 2.78. The van der Waals surface area contributed by atoms with Crippen molar-refractivity contribution in [2.75, 3.05) is 26.3 Å². The molecule has 1 aliphatic rings. The van der Waals surface area contributed by atoms with Gasteiger partial charge in [-0.3, -0.25) is 14.8 Å². The summed E-state index contributed by atoms with van der Waals surface area (Å²) in [7, 11) is 0. The number of carboxylic acid groups (broad SMARTS) is 1. The second-order valence-corrected chi connectivity index (χ2v) is 3.92. The van der Waals surface area contributed by atoms with Crippen LogP contribution in [0.4, 0.5) is 0 Å². The molecular weight excluding hydrogens is 210 g/mol. The van der Waals surface area contributed by atoms with Crippen molar-refractivity contribution in [1.29, 1.82) is 0 Å². The van der Waals surface area contributed by atoms with Gasteiger partial charge in [-0.05, 0) is 12.5 Å². The number of aromatic nitrogens is 2. The molecule has 6 nitrogen and oxygen atoms in total. The lowest BCUT2D eigenvalue weighted by atomic mass is 10.1. The summed E-state index contributed by atoms with van der Waals surface area (Å²) in [5, 5.41) is 15.7. The van der Waals surface area contributed by atoms with E-state index in [9.17, 15) is 4.79 Å². The Morgan fingerprint density at radius 3 is 3.25 bits per heavy atom. The average molecular weight is 225 g/mol. The van der Waals surface area contributed by atoms with Gasteiger partial charge in [-0.15, -0.1) is 0 Å². The molecule has 0 spiro atoms. The number of H-pyrrole nitrogens is 1. The largest absolute Gasteiger partial charge is 0.480 e. The Bertz CT molecular complexity index is 377. The van der Waals surface area contributed by atoms with Gasteiger partial charge in [-0.1, -0.05) is 0 Å². The fraction of sp³-hybridized carbons (Fsp3) is 0.600. The molecule has 6 heteroatoms. The molecule has 1 aliphatic heterocycles. The molecule has 0 aliphatic carbocycles. The number of hydrogen-bond donors (Lipinski definition) is 2. The number of aliphatic carboxylic acids is 1. The van der Waals surface area contributed by atoms with Gasteiger partial charge in [-0.2, -0.15) is 5.10 Å². The summed E-state index contributed by atoms with van der Waals surface area (Å²) >= 11 is 0. The van der Waals surface area contributed by atoms with E-state index < -0.39 is 5.97 Å². The summed E-state index contributed by atoms with van der Waals surface area (Å²) < 4.78 is 5.39. The standard InChI is InChI=1S/C10H15N3O3/c1-7-4-11-12-10(7)8-6-16-3-2-13(8)5-9(14)15/h4,8H,2-3,5-6H2,1H3,(H,11,12)(H,14,15)/t8-/m1/s1. The summed E-state index contributed by atoms with van der Waals surface area (Å²) in [6.07, 6.45) is 1.74. The maximum Gasteiger partial charge on any atom is 0.317 e. The van der Waals surface area contributed by atoms with Crippen molar-refractivity contribution in [2.45, 2.75) is 13.0 Å². The predicted octanol–water partition coefficient (Wildman–Crippen LogP) is 0.176. The molecular formula is C10H15N3O3. The fourth-order valence-electron chi connectivity index (χ4n) is 1.96. The topological polar surface area (TPSA) is 78.5 Å². The first-order valence-corrected chi connectivity index (χ1v) is 5.22. The van der Waals surface area contributed by atoms with E-state index >= 15 is 0 Å². The number of carbonyl (C=O) groups is 1. The number of nitrogens with zero attached hydrogens (tertiary/aromatic N) is 2. The van der Waals surface area contributed by atoms with Crippen molar-refractivity contribution in [3.05, 3.63) is 17.5 Å².